The van der Waals surface area contributed by atoms with Crippen LogP contribution in [0.1, 0.15) is 10.4 Å². The number of benzene rings is 2. The molecule has 0 spiro atoms. The third kappa shape index (κ3) is 4.89. The van der Waals surface area contributed by atoms with E-state index in [2.05, 4.69) is 10.9 Å². The molecule has 0 saturated heterocycles. The molecule has 0 bridgehead atoms. The smallest absolute Gasteiger partial charge is 0.351 e. The summed E-state index contributed by atoms with van der Waals surface area (Å²) in [5.41, 5.74) is 4.66. The number of carbonyl (C=O) groups excluding carboxylic acids is 3. The molecule has 1 aliphatic heterocycles. The van der Waals surface area contributed by atoms with E-state index in [0.29, 0.717) is 22.1 Å². The van der Waals surface area contributed by atoms with Gasteiger partial charge in [0.15, 0.2) is 18.1 Å². The van der Waals surface area contributed by atoms with Crippen molar-refractivity contribution in [2.24, 2.45) is 0 Å². The molecule has 9 heteroatoms. The van der Waals surface area contributed by atoms with Crippen LogP contribution in [0.2, 0.25) is 5.02 Å². The predicted molar refractivity (Wildman–Crippen MR) is 94.4 cm³/mol. The first-order valence-electron chi connectivity index (χ1n) is 7.93. The van der Waals surface area contributed by atoms with Gasteiger partial charge < -0.3 is 14.2 Å². The van der Waals surface area contributed by atoms with E-state index in [1.54, 1.807) is 36.4 Å². The van der Waals surface area contributed by atoms with Crippen LogP contribution in [0.4, 0.5) is 0 Å². The van der Waals surface area contributed by atoms with Gasteiger partial charge in [-0.3, -0.25) is 20.4 Å². The average molecular weight is 391 g/mol. The topological polar surface area (TPSA) is 103 Å². The Morgan fingerprint density at radius 3 is 2.48 bits per heavy atom. The zero-order chi connectivity index (χ0) is 19.2. The zero-order valence-electron chi connectivity index (χ0n) is 13.9. The van der Waals surface area contributed by atoms with E-state index < -0.39 is 30.5 Å². The summed E-state index contributed by atoms with van der Waals surface area (Å²) >= 11 is 5.74. The van der Waals surface area contributed by atoms with E-state index in [0.717, 1.165) is 0 Å². The van der Waals surface area contributed by atoms with Crippen LogP contribution in [-0.2, 0) is 14.3 Å². The third-order valence-electron chi connectivity index (χ3n) is 3.54. The fourth-order valence-electron chi connectivity index (χ4n) is 2.20. The highest BCUT2D eigenvalue weighted by Gasteiger charge is 2.29. The maximum absolute atomic E-state index is 12.0. The first kappa shape index (κ1) is 18.5. The molecule has 1 atom stereocenters. The Morgan fingerprint density at radius 2 is 1.74 bits per heavy atom. The van der Waals surface area contributed by atoms with Gasteiger partial charge in [0.05, 0.1) is 0 Å². The van der Waals surface area contributed by atoms with Gasteiger partial charge in [-0.1, -0.05) is 23.7 Å². The molecule has 3 rings (SSSR count). The molecule has 140 valence electrons. The molecule has 0 radical (unpaired) electrons. The summed E-state index contributed by atoms with van der Waals surface area (Å²) in [5, 5.41) is 0.485. The number of hydrazine groups is 1. The van der Waals surface area contributed by atoms with Gasteiger partial charge in [-0.2, -0.15) is 0 Å². The number of halogens is 1. The molecular weight excluding hydrogens is 376 g/mol. The van der Waals surface area contributed by atoms with Gasteiger partial charge in [-0.25, -0.2) is 4.79 Å². The standard InChI is InChI=1S/C18H15ClN2O6/c19-12-7-5-11(6-8-12)17(23)21-20-16(22)10-26-18(24)15-9-25-13-3-1-2-4-14(13)27-15/h1-8,15H,9-10H2,(H,20,22)(H,21,23)/t15-/m0/s1. The molecule has 1 aliphatic rings. The number of nitrogens with one attached hydrogen (secondary N) is 2. The number of carbonyl (C=O) groups is 3. The highest BCUT2D eigenvalue weighted by Crippen LogP contribution is 2.31. The van der Waals surface area contributed by atoms with Gasteiger partial charge in [-0.15, -0.1) is 0 Å². The summed E-state index contributed by atoms with van der Waals surface area (Å²) in [6, 6.07) is 13.0. The molecule has 0 aromatic heterocycles. The highest BCUT2D eigenvalue weighted by atomic mass is 35.5. The Bertz CT molecular complexity index is 855. The lowest BCUT2D eigenvalue weighted by Crippen LogP contribution is -2.45. The number of amides is 2. The highest BCUT2D eigenvalue weighted by molar-refractivity contribution is 6.30. The van der Waals surface area contributed by atoms with E-state index in [1.807, 2.05) is 0 Å². The van der Waals surface area contributed by atoms with Gasteiger partial charge in [0.1, 0.15) is 6.61 Å². The minimum absolute atomic E-state index is 0.0230. The minimum atomic E-state index is -0.976. The second-order valence-electron chi connectivity index (χ2n) is 5.48. The molecule has 8 nitrogen and oxygen atoms in total. The van der Waals surface area contributed by atoms with Gasteiger partial charge in [0, 0.05) is 10.6 Å². The Kier molecular flexibility index (Phi) is 5.77. The molecule has 0 saturated carbocycles. The van der Waals surface area contributed by atoms with Crippen LogP contribution in [0.15, 0.2) is 48.5 Å². The van der Waals surface area contributed by atoms with Gasteiger partial charge in [0.25, 0.3) is 11.8 Å². The fraction of sp³-hybridized carbons (Fsp3) is 0.167. The Hall–Kier alpha value is -3.26. The van der Waals surface area contributed by atoms with Crippen LogP contribution in [0.5, 0.6) is 11.5 Å². The molecule has 0 fully saturated rings. The maximum atomic E-state index is 12.0. The van der Waals surface area contributed by atoms with E-state index in [1.165, 1.54) is 12.1 Å². The molecule has 27 heavy (non-hydrogen) atoms. The number of ether oxygens (including phenoxy) is 3. The molecule has 2 aromatic carbocycles. The van der Waals surface area contributed by atoms with Crippen LogP contribution in [0, 0.1) is 0 Å². The summed E-state index contributed by atoms with van der Waals surface area (Å²) in [6.07, 6.45) is -0.976. The third-order valence-corrected chi connectivity index (χ3v) is 3.79. The number of para-hydroxylation sites is 2. The van der Waals surface area contributed by atoms with Crippen molar-refractivity contribution in [3.8, 4) is 11.5 Å². The molecule has 1 heterocycles. The van der Waals surface area contributed by atoms with Crippen molar-refractivity contribution in [3.05, 3.63) is 59.1 Å². The van der Waals surface area contributed by atoms with Crippen LogP contribution in [-0.4, -0.2) is 37.1 Å². The number of fused-ring (bicyclic) bond motifs is 1. The van der Waals surface area contributed by atoms with Crippen LogP contribution >= 0.6 is 11.6 Å². The van der Waals surface area contributed by atoms with Crippen molar-refractivity contribution in [1.82, 2.24) is 10.9 Å². The number of rotatable bonds is 4. The average Bonchev–Trinajstić information content (AvgIpc) is 2.70. The minimum Gasteiger partial charge on any atom is -0.485 e. The first-order valence-corrected chi connectivity index (χ1v) is 8.30. The van der Waals surface area contributed by atoms with Gasteiger partial charge in [-0.05, 0) is 36.4 Å². The molecule has 2 N–H and O–H groups in total. The largest absolute Gasteiger partial charge is 0.485 e. The number of esters is 1. The lowest BCUT2D eigenvalue weighted by Gasteiger charge is -2.24. The second kappa shape index (κ2) is 8.41. The quantitative estimate of drug-likeness (QED) is 0.605. The molecular formula is C18H15ClN2O6. The van der Waals surface area contributed by atoms with Crippen molar-refractivity contribution in [2.45, 2.75) is 6.10 Å². The second-order valence-corrected chi connectivity index (χ2v) is 5.92. The van der Waals surface area contributed by atoms with Crippen LogP contribution in [0.3, 0.4) is 0 Å². The zero-order valence-corrected chi connectivity index (χ0v) is 14.7. The summed E-state index contributed by atoms with van der Waals surface area (Å²) in [7, 11) is 0. The maximum Gasteiger partial charge on any atom is 0.351 e. The number of hydrogen-bond acceptors (Lipinski definition) is 6. The van der Waals surface area contributed by atoms with Crippen molar-refractivity contribution in [3.63, 3.8) is 0 Å². The molecule has 0 aliphatic carbocycles. The Labute approximate surface area is 159 Å². The SMILES string of the molecule is O=C(COC(=O)[C@@H]1COc2ccccc2O1)NNC(=O)c1ccc(Cl)cc1. The summed E-state index contributed by atoms with van der Waals surface area (Å²) in [5.74, 6) is -1.03. The van der Waals surface area contributed by atoms with Gasteiger partial charge in [0.2, 0.25) is 6.10 Å². The van der Waals surface area contributed by atoms with Gasteiger partial charge >= 0.3 is 5.97 Å². The summed E-state index contributed by atoms with van der Waals surface area (Å²) in [6.45, 7) is -0.605. The van der Waals surface area contributed by atoms with E-state index in [4.69, 9.17) is 25.8 Å². The van der Waals surface area contributed by atoms with Crippen molar-refractivity contribution >= 4 is 29.4 Å². The first-order chi connectivity index (χ1) is 13.0. The Balaban J connectivity index is 1.42. The van der Waals surface area contributed by atoms with Crippen LogP contribution < -0.4 is 20.3 Å². The van der Waals surface area contributed by atoms with E-state index in [9.17, 15) is 14.4 Å². The lowest BCUT2D eigenvalue weighted by molar-refractivity contribution is -0.157. The molecule has 2 amide bonds. The van der Waals surface area contributed by atoms with Crippen molar-refractivity contribution < 1.29 is 28.6 Å². The predicted octanol–water partition coefficient (Wildman–Crippen LogP) is 1.48. The van der Waals surface area contributed by atoms with Crippen LogP contribution in [0.25, 0.3) is 0 Å². The summed E-state index contributed by atoms with van der Waals surface area (Å²) < 4.78 is 15.8. The van der Waals surface area contributed by atoms with E-state index in [-0.39, 0.29) is 6.61 Å². The molecule has 2 aromatic rings. The number of hydrogen-bond donors (Lipinski definition) is 2. The Morgan fingerprint density at radius 1 is 1.04 bits per heavy atom. The lowest BCUT2D eigenvalue weighted by atomic mass is 10.2. The van der Waals surface area contributed by atoms with Crippen molar-refractivity contribution in [2.75, 3.05) is 13.2 Å². The van der Waals surface area contributed by atoms with E-state index >= 15 is 0 Å². The summed E-state index contributed by atoms with van der Waals surface area (Å²) in [4.78, 5) is 35.6. The fourth-order valence-corrected chi connectivity index (χ4v) is 2.33. The molecule has 0 unspecified atom stereocenters. The monoisotopic (exact) mass is 390 g/mol. The normalized spacial score (nSPS) is 14.8. The van der Waals surface area contributed by atoms with Crippen molar-refractivity contribution in [1.29, 1.82) is 0 Å².